The van der Waals surface area contributed by atoms with Gasteiger partial charge in [0.05, 0.1) is 19.8 Å². The van der Waals surface area contributed by atoms with Gasteiger partial charge in [-0.25, -0.2) is 14.4 Å². The third-order valence-corrected chi connectivity index (χ3v) is 4.58. The molecule has 0 heterocycles. The summed E-state index contributed by atoms with van der Waals surface area (Å²) in [5.41, 5.74) is 5.91. The highest BCUT2D eigenvalue weighted by molar-refractivity contribution is 5.76. The van der Waals surface area contributed by atoms with Crippen LogP contribution in [0.4, 0.5) is 14.4 Å². The molecule has 1 aromatic rings. The second-order valence-corrected chi connectivity index (χ2v) is 11.7. The van der Waals surface area contributed by atoms with Crippen molar-refractivity contribution in [2.45, 2.75) is 80.4 Å². The van der Waals surface area contributed by atoms with E-state index in [1.54, 1.807) is 6.07 Å². The monoisotopic (exact) mass is 569 g/mol. The number of carbonyl (C=O) groups excluding carboxylic acids is 4. The molecule has 12 heteroatoms. The zero-order valence-corrected chi connectivity index (χ0v) is 24.7. The van der Waals surface area contributed by atoms with Gasteiger partial charge in [-0.15, -0.1) is 0 Å². The Labute approximate surface area is 235 Å². The summed E-state index contributed by atoms with van der Waals surface area (Å²) in [5, 5.41) is 0. The fourth-order valence-corrected chi connectivity index (χ4v) is 2.70. The average molecular weight is 570 g/mol. The van der Waals surface area contributed by atoms with Gasteiger partial charge in [0.25, 0.3) is 0 Å². The Morgan fingerprint density at radius 1 is 0.800 bits per heavy atom. The molecule has 0 fully saturated rings. The van der Waals surface area contributed by atoms with Gasteiger partial charge in [-0.1, -0.05) is 54.5 Å². The van der Waals surface area contributed by atoms with Crippen LogP contribution in [0.3, 0.4) is 0 Å². The number of hydrogen-bond acceptors (Lipinski definition) is 12. The van der Waals surface area contributed by atoms with Gasteiger partial charge in [-0.2, -0.15) is 0 Å². The fourth-order valence-electron chi connectivity index (χ4n) is 2.70. The lowest BCUT2D eigenvalue weighted by molar-refractivity contribution is -0.152. The normalized spacial score (nSPS) is 12.9. The zero-order valence-electron chi connectivity index (χ0n) is 24.7. The standard InChI is InChI=1S/C28H43NO11/c1-9-12-34-24(31)35-15-18(2)38-23(30)20(29)13-19-10-11-21(39-25(32)36-16-27(3,4)5)22(14-19)40-26(33)37-17-28(6,7)8/h10-11,14,18,20H,9,12-13,15-17,29H2,1-8H3/t18-,20-/m0/s1. The summed E-state index contributed by atoms with van der Waals surface area (Å²) in [6, 6.07) is 3.23. The number of rotatable bonds is 12. The Morgan fingerprint density at radius 3 is 1.88 bits per heavy atom. The number of ether oxygens (including phenoxy) is 7. The Balaban J connectivity index is 2.91. The van der Waals surface area contributed by atoms with Gasteiger partial charge in [0, 0.05) is 0 Å². The second-order valence-electron chi connectivity index (χ2n) is 11.7. The van der Waals surface area contributed by atoms with Gasteiger partial charge in [0.15, 0.2) is 11.5 Å². The SMILES string of the molecule is CCCOC(=O)OC[C@H](C)OC(=O)[C@@H](N)Cc1ccc(OC(=O)OCC(C)(C)C)c(OC(=O)OCC(C)(C)C)c1. The molecular formula is C28H43NO11. The Kier molecular flexibility index (Phi) is 13.7. The largest absolute Gasteiger partial charge is 0.513 e. The minimum Gasteiger partial charge on any atom is -0.458 e. The molecule has 0 aliphatic rings. The van der Waals surface area contributed by atoms with Crippen LogP contribution < -0.4 is 15.2 Å². The third kappa shape index (κ3) is 15.2. The molecule has 0 bridgehead atoms. The molecule has 0 radical (unpaired) electrons. The van der Waals surface area contributed by atoms with Crippen molar-refractivity contribution in [1.82, 2.24) is 0 Å². The lowest BCUT2D eigenvalue weighted by Crippen LogP contribution is -2.37. The first-order valence-electron chi connectivity index (χ1n) is 13.1. The van der Waals surface area contributed by atoms with Gasteiger partial charge in [0.2, 0.25) is 0 Å². The first-order valence-corrected chi connectivity index (χ1v) is 13.1. The predicted molar refractivity (Wildman–Crippen MR) is 144 cm³/mol. The smallest absolute Gasteiger partial charge is 0.458 e. The summed E-state index contributed by atoms with van der Waals surface area (Å²) < 4.78 is 35.8. The van der Waals surface area contributed by atoms with Crippen LogP contribution in [0.1, 0.15) is 67.4 Å². The van der Waals surface area contributed by atoms with E-state index in [0.29, 0.717) is 12.0 Å². The summed E-state index contributed by atoms with van der Waals surface area (Å²) in [4.78, 5) is 48.5. The van der Waals surface area contributed by atoms with E-state index in [-0.39, 0.29) is 55.2 Å². The molecule has 0 aliphatic heterocycles. The number of esters is 1. The molecule has 0 spiro atoms. The number of carbonyl (C=O) groups is 4. The van der Waals surface area contributed by atoms with Crippen LogP contribution in [0.25, 0.3) is 0 Å². The van der Waals surface area contributed by atoms with E-state index < -0.39 is 36.6 Å². The van der Waals surface area contributed by atoms with Gasteiger partial charge >= 0.3 is 24.4 Å². The first-order chi connectivity index (χ1) is 18.5. The molecule has 2 N–H and O–H groups in total. The molecule has 1 rings (SSSR count). The van der Waals surface area contributed by atoms with Crippen molar-refractivity contribution in [1.29, 1.82) is 0 Å². The van der Waals surface area contributed by atoms with Crippen LogP contribution in [0.5, 0.6) is 11.5 Å². The lowest BCUT2D eigenvalue weighted by Gasteiger charge is -2.19. The molecule has 0 saturated heterocycles. The summed E-state index contributed by atoms with van der Waals surface area (Å²) >= 11 is 0. The van der Waals surface area contributed by atoms with Gasteiger partial charge in [-0.05, 0) is 48.3 Å². The molecule has 12 nitrogen and oxygen atoms in total. The van der Waals surface area contributed by atoms with Crippen LogP contribution in [-0.4, -0.2) is 63.0 Å². The molecule has 0 aliphatic carbocycles. The topological polar surface area (TPSA) is 159 Å². The van der Waals surface area contributed by atoms with Crippen LogP contribution in [0.15, 0.2) is 18.2 Å². The molecular weight excluding hydrogens is 526 g/mol. The second kappa shape index (κ2) is 15.9. The summed E-state index contributed by atoms with van der Waals surface area (Å²) in [7, 11) is 0. The highest BCUT2D eigenvalue weighted by Crippen LogP contribution is 2.30. The van der Waals surface area contributed by atoms with Crippen LogP contribution in [0.2, 0.25) is 0 Å². The van der Waals surface area contributed by atoms with Gasteiger partial charge < -0.3 is 38.9 Å². The number of nitrogens with two attached hydrogens (primary N) is 1. The molecule has 0 unspecified atom stereocenters. The van der Waals surface area contributed by atoms with Crippen molar-refractivity contribution in [3.05, 3.63) is 23.8 Å². The minimum atomic E-state index is -1.10. The molecule has 0 saturated carbocycles. The molecule has 40 heavy (non-hydrogen) atoms. The Morgan fingerprint density at radius 2 is 1.35 bits per heavy atom. The van der Waals surface area contributed by atoms with E-state index in [0.717, 1.165) is 0 Å². The average Bonchev–Trinajstić information content (AvgIpc) is 2.84. The van der Waals surface area contributed by atoms with Gasteiger partial charge in [0.1, 0.15) is 18.8 Å². The van der Waals surface area contributed by atoms with Crippen molar-refractivity contribution in [2.75, 3.05) is 26.4 Å². The summed E-state index contributed by atoms with van der Waals surface area (Å²) in [6.45, 7) is 14.9. The van der Waals surface area contributed by atoms with E-state index >= 15 is 0 Å². The molecule has 226 valence electrons. The first kappa shape index (κ1) is 34.5. The predicted octanol–water partition coefficient (Wildman–Crippen LogP) is 5.17. The fraction of sp³-hybridized carbons (Fsp3) is 0.643. The van der Waals surface area contributed by atoms with E-state index in [1.807, 2.05) is 48.5 Å². The number of hydrogen-bond donors (Lipinski definition) is 1. The quantitative estimate of drug-likeness (QED) is 0.200. The zero-order chi connectivity index (χ0) is 30.5. The van der Waals surface area contributed by atoms with E-state index in [4.69, 9.17) is 38.9 Å². The third-order valence-electron chi connectivity index (χ3n) is 4.58. The lowest BCUT2D eigenvalue weighted by atomic mass is 9.99. The maximum absolute atomic E-state index is 12.5. The molecule has 1 aromatic carbocycles. The van der Waals surface area contributed by atoms with Gasteiger partial charge in [-0.3, -0.25) is 4.79 Å². The van der Waals surface area contributed by atoms with Crippen molar-refractivity contribution in [3.8, 4) is 11.5 Å². The highest BCUT2D eigenvalue weighted by Gasteiger charge is 2.23. The van der Waals surface area contributed by atoms with Crippen molar-refractivity contribution in [2.24, 2.45) is 16.6 Å². The van der Waals surface area contributed by atoms with E-state index in [9.17, 15) is 19.2 Å². The Hall–Kier alpha value is -3.54. The van der Waals surface area contributed by atoms with Crippen molar-refractivity contribution < 1.29 is 52.3 Å². The summed E-state index contributed by atoms with van der Waals surface area (Å²) in [6.07, 6.45) is -2.96. The van der Waals surface area contributed by atoms with Crippen LogP contribution in [-0.2, 0) is 34.9 Å². The minimum absolute atomic E-state index is 0.00684. The number of benzene rings is 1. The van der Waals surface area contributed by atoms with Crippen LogP contribution >= 0.6 is 0 Å². The van der Waals surface area contributed by atoms with E-state index in [2.05, 4.69) is 0 Å². The van der Waals surface area contributed by atoms with Crippen molar-refractivity contribution in [3.63, 3.8) is 0 Å². The summed E-state index contributed by atoms with van der Waals surface area (Å²) in [5.74, 6) is -0.958. The Bertz CT molecular complexity index is 995. The molecule has 0 amide bonds. The molecule has 0 aromatic heterocycles. The maximum atomic E-state index is 12.5. The van der Waals surface area contributed by atoms with Crippen molar-refractivity contribution >= 4 is 24.4 Å². The maximum Gasteiger partial charge on any atom is 0.513 e. The molecule has 2 atom stereocenters. The highest BCUT2D eigenvalue weighted by atomic mass is 16.7. The van der Waals surface area contributed by atoms with E-state index in [1.165, 1.54) is 19.1 Å². The van der Waals surface area contributed by atoms with Crippen LogP contribution in [0, 0.1) is 10.8 Å².